The van der Waals surface area contributed by atoms with Gasteiger partial charge >= 0.3 is 0 Å². The number of ether oxygens (including phenoxy) is 1. The van der Waals surface area contributed by atoms with Gasteiger partial charge in [-0.05, 0) is 12.0 Å². The van der Waals surface area contributed by atoms with Crippen molar-refractivity contribution in [3.63, 3.8) is 0 Å². The van der Waals surface area contributed by atoms with E-state index < -0.39 is 0 Å². The van der Waals surface area contributed by atoms with Crippen LogP contribution in [-0.2, 0) is 37.5 Å². The van der Waals surface area contributed by atoms with Gasteiger partial charge < -0.3 is 9.64 Å². The zero-order valence-electron chi connectivity index (χ0n) is 11.7. The van der Waals surface area contributed by atoms with E-state index in [4.69, 9.17) is 4.74 Å². The second-order valence-electron chi connectivity index (χ2n) is 5.41. The van der Waals surface area contributed by atoms with Crippen molar-refractivity contribution in [2.75, 3.05) is 13.6 Å². The van der Waals surface area contributed by atoms with E-state index in [2.05, 4.69) is 6.07 Å². The van der Waals surface area contributed by atoms with Gasteiger partial charge in [0, 0.05) is 57.6 Å². The van der Waals surface area contributed by atoms with Gasteiger partial charge in [-0.25, -0.2) is 0 Å². The third-order valence-corrected chi connectivity index (χ3v) is 4.24. The minimum Gasteiger partial charge on any atom is -0.482 e. The van der Waals surface area contributed by atoms with E-state index in [1.54, 1.807) is 0 Å². The van der Waals surface area contributed by atoms with Gasteiger partial charge in [0.05, 0.1) is 5.92 Å². The summed E-state index contributed by atoms with van der Waals surface area (Å²) in [5.41, 5.74) is 2.06. The van der Waals surface area contributed by atoms with Crippen molar-refractivity contribution >= 4 is 5.91 Å². The zero-order chi connectivity index (χ0) is 13.7. The van der Waals surface area contributed by atoms with Crippen molar-refractivity contribution in [3.8, 4) is 11.5 Å². The molecule has 21 heavy (non-hydrogen) atoms. The van der Waals surface area contributed by atoms with Crippen LogP contribution in [0.15, 0.2) is 42.5 Å². The summed E-state index contributed by atoms with van der Waals surface area (Å²) in [5.74, 6) is 1.79. The molecule has 0 saturated carbocycles. The maximum Gasteiger partial charge on any atom is 0.229 e. The molecule has 0 aromatic heterocycles. The van der Waals surface area contributed by atoms with Crippen LogP contribution >= 0.6 is 0 Å². The molecule has 2 atom stereocenters. The van der Waals surface area contributed by atoms with Crippen LogP contribution in [0.2, 0.25) is 0 Å². The molecule has 103 valence electrons. The third kappa shape index (κ3) is 2.23. The fourth-order valence-electron chi connectivity index (χ4n) is 3.29. The normalized spacial score (nSPS) is 22.3. The maximum atomic E-state index is 12.5. The van der Waals surface area contributed by atoms with Crippen LogP contribution < -0.4 is 4.74 Å². The largest absolute Gasteiger partial charge is 0.482 e. The Labute approximate surface area is 149 Å². The van der Waals surface area contributed by atoms with Gasteiger partial charge in [-0.3, -0.25) is 4.79 Å². The minimum absolute atomic E-state index is 0. The first-order valence-electron chi connectivity index (χ1n) is 6.77. The molecule has 1 radical (unpaired) electrons. The van der Waals surface area contributed by atoms with Crippen molar-refractivity contribution in [2.45, 2.75) is 11.8 Å². The van der Waals surface area contributed by atoms with Gasteiger partial charge in [0.25, 0.3) is 0 Å². The third-order valence-electron chi connectivity index (χ3n) is 4.24. The molecule has 2 heterocycles. The Morgan fingerprint density at radius 2 is 1.95 bits per heavy atom. The predicted molar refractivity (Wildman–Crippen MR) is 74.9 cm³/mol. The summed E-state index contributed by atoms with van der Waals surface area (Å²) in [7, 11) is 1.87. The quantitative estimate of drug-likeness (QED) is 0.682. The Kier molecular flexibility index (Phi) is 3.89. The Hall–Kier alpha value is -1.19. The molecule has 2 aliphatic heterocycles. The van der Waals surface area contributed by atoms with E-state index in [-0.39, 0.29) is 50.5 Å². The van der Waals surface area contributed by atoms with Crippen molar-refractivity contribution in [1.82, 2.24) is 4.90 Å². The van der Waals surface area contributed by atoms with Gasteiger partial charge in [-0.1, -0.05) is 18.2 Å². The van der Waals surface area contributed by atoms with Crippen molar-refractivity contribution in [3.05, 3.63) is 59.7 Å². The molecule has 0 aliphatic carbocycles. The first-order chi connectivity index (χ1) is 9.75. The summed E-state index contributed by atoms with van der Waals surface area (Å²) < 4.78 is 6.03. The minimum atomic E-state index is -0.145. The number of carbonyl (C=O) groups excluding carboxylic acids is 1. The second-order valence-corrected chi connectivity index (χ2v) is 5.41. The Balaban J connectivity index is 0.00000132. The number of likely N-dealkylation sites (N-methyl/N-ethyl adjacent to an activating group) is 1. The number of carbonyl (C=O) groups is 1. The first kappa shape index (κ1) is 14.7. The van der Waals surface area contributed by atoms with E-state index in [0.717, 1.165) is 29.2 Å². The van der Waals surface area contributed by atoms with E-state index >= 15 is 0 Å². The molecule has 1 saturated heterocycles. The molecule has 3 nitrogen and oxygen atoms in total. The predicted octanol–water partition coefficient (Wildman–Crippen LogP) is 2.93. The molecule has 0 N–H and O–H groups in total. The van der Waals surface area contributed by atoms with E-state index in [1.165, 1.54) is 0 Å². The number of benzene rings is 2. The smallest absolute Gasteiger partial charge is 0.229 e. The molecule has 1 fully saturated rings. The van der Waals surface area contributed by atoms with Crippen molar-refractivity contribution < 1.29 is 42.2 Å². The fourth-order valence-corrected chi connectivity index (χ4v) is 3.29. The SMILES string of the molecule is CN1CC2c3c[c-]ccc3Oc3ccccc3C2C1=O.[Y]. The topological polar surface area (TPSA) is 29.5 Å². The molecule has 0 bridgehead atoms. The van der Waals surface area contributed by atoms with E-state index in [0.29, 0.717) is 0 Å². The second kappa shape index (κ2) is 5.54. The van der Waals surface area contributed by atoms with Crippen LogP contribution in [-0.4, -0.2) is 24.4 Å². The monoisotopic (exact) mass is 353 g/mol. The summed E-state index contributed by atoms with van der Waals surface area (Å²) in [4.78, 5) is 14.3. The maximum absolute atomic E-state index is 12.5. The number of para-hydroxylation sites is 1. The number of fused-ring (bicyclic) bond motifs is 5. The van der Waals surface area contributed by atoms with Crippen LogP contribution in [0.5, 0.6) is 11.5 Å². The summed E-state index contributed by atoms with van der Waals surface area (Å²) in [6, 6.07) is 16.7. The summed E-state index contributed by atoms with van der Waals surface area (Å²) >= 11 is 0. The Morgan fingerprint density at radius 1 is 1.19 bits per heavy atom. The van der Waals surface area contributed by atoms with Crippen molar-refractivity contribution in [2.24, 2.45) is 0 Å². The van der Waals surface area contributed by atoms with Crippen LogP contribution in [0.25, 0.3) is 0 Å². The van der Waals surface area contributed by atoms with Gasteiger partial charge in [-0.15, -0.1) is 11.6 Å². The van der Waals surface area contributed by atoms with Crippen LogP contribution in [0.3, 0.4) is 0 Å². The van der Waals surface area contributed by atoms with Gasteiger partial charge in [0.2, 0.25) is 5.91 Å². The van der Waals surface area contributed by atoms with E-state index in [1.807, 2.05) is 54.4 Å². The van der Waals surface area contributed by atoms with Gasteiger partial charge in [-0.2, -0.15) is 18.2 Å². The number of likely N-dealkylation sites (tertiary alicyclic amines) is 1. The first-order valence-corrected chi connectivity index (χ1v) is 6.77. The summed E-state index contributed by atoms with van der Waals surface area (Å²) in [6.45, 7) is 0.728. The molecule has 2 aromatic carbocycles. The van der Waals surface area contributed by atoms with Crippen molar-refractivity contribution in [1.29, 1.82) is 0 Å². The van der Waals surface area contributed by atoms with Crippen LogP contribution in [0.1, 0.15) is 23.0 Å². The van der Waals surface area contributed by atoms with E-state index in [9.17, 15) is 4.79 Å². The zero-order valence-corrected chi connectivity index (χ0v) is 14.6. The standard InChI is InChI=1S/C17H14NO2.Y/c1-18-10-13-11-6-2-4-8-14(11)20-15-9-5-3-7-12(15)16(13)17(18)19;/h3-9,13,16H,10H2,1H3;/q-1;. The number of nitrogens with zero attached hydrogens (tertiary/aromatic N) is 1. The van der Waals surface area contributed by atoms with Gasteiger partial charge in [0.1, 0.15) is 5.75 Å². The molecule has 2 aromatic rings. The number of hydrogen-bond donors (Lipinski definition) is 0. The number of amides is 1. The average molecular weight is 353 g/mol. The molecule has 2 aliphatic rings. The molecular formula is C17H14NO2Y-. The van der Waals surface area contributed by atoms with Gasteiger partial charge in [0.15, 0.2) is 0 Å². The summed E-state index contributed by atoms with van der Waals surface area (Å²) in [5, 5.41) is 0. The number of rotatable bonds is 0. The fraction of sp³-hybridized carbons (Fsp3) is 0.235. The van der Waals surface area contributed by atoms with Crippen LogP contribution in [0, 0.1) is 6.07 Å². The molecule has 1 amide bonds. The van der Waals surface area contributed by atoms with Crippen LogP contribution in [0.4, 0.5) is 0 Å². The number of hydrogen-bond acceptors (Lipinski definition) is 2. The average Bonchev–Trinajstić information content (AvgIpc) is 2.68. The molecule has 4 heteroatoms. The molecular weight excluding hydrogens is 339 g/mol. The molecule has 2 unspecified atom stereocenters. The Morgan fingerprint density at radius 3 is 2.81 bits per heavy atom. The summed E-state index contributed by atoms with van der Waals surface area (Å²) in [6.07, 6.45) is 0. The Bertz CT molecular complexity index is 701. The molecule has 4 rings (SSSR count). The molecule has 0 spiro atoms.